The molecule has 1 N–H and O–H groups in total. The van der Waals surface area contributed by atoms with Gasteiger partial charge in [0, 0.05) is 21.9 Å². The highest BCUT2D eigenvalue weighted by Crippen LogP contribution is 2.29. The van der Waals surface area contributed by atoms with Crippen LogP contribution in [0.4, 0.5) is 0 Å². The van der Waals surface area contributed by atoms with Gasteiger partial charge in [0.15, 0.2) is 0 Å². The van der Waals surface area contributed by atoms with Crippen molar-refractivity contribution in [2.75, 3.05) is 12.4 Å². The summed E-state index contributed by atoms with van der Waals surface area (Å²) in [6.07, 6.45) is 2.75. The van der Waals surface area contributed by atoms with Crippen molar-refractivity contribution in [2.45, 2.75) is 4.90 Å². The van der Waals surface area contributed by atoms with Crippen LogP contribution in [-0.4, -0.2) is 28.4 Å². The lowest BCUT2D eigenvalue weighted by molar-refractivity contribution is 0.0696. The molecule has 0 aliphatic carbocycles. The topological polar surface area (TPSA) is 59.4 Å². The Morgan fingerprint density at radius 3 is 2.86 bits per heavy atom. The largest absolute Gasteiger partial charge is 0.491 e. The number of hydrogen-bond acceptors (Lipinski definition) is 4. The van der Waals surface area contributed by atoms with Gasteiger partial charge in [0.25, 0.3) is 0 Å². The second kappa shape index (κ2) is 7.54. The van der Waals surface area contributed by atoms with Crippen LogP contribution in [0.2, 0.25) is 10.0 Å². The van der Waals surface area contributed by atoms with Crippen molar-refractivity contribution in [2.24, 2.45) is 0 Å². The molecule has 0 fully saturated rings. The van der Waals surface area contributed by atoms with E-state index < -0.39 is 5.97 Å². The molecular formula is C14H11Cl2NO3S. The molecule has 0 unspecified atom stereocenters. The first-order chi connectivity index (χ1) is 10.1. The molecule has 1 aromatic heterocycles. The fourth-order valence-electron chi connectivity index (χ4n) is 1.51. The van der Waals surface area contributed by atoms with Gasteiger partial charge in [-0.3, -0.25) is 4.98 Å². The van der Waals surface area contributed by atoms with Gasteiger partial charge in [-0.05, 0) is 24.3 Å². The van der Waals surface area contributed by atoms with E-state index in [0.29, 0.717) is 28.2 Å². The summed E-state index contributed by atoms with van der Waals surface area (Å²) in [7, 11) is 0. The second-order valence-corrected chi connectivity index (χ2v) is 5.97. The van der Waals surface area contributed by atoms with Gasteiger partial charge >= 0.3 is 5.97 Å². The van der Waals surface area contributed by atoms with Gasteiger partial charge in [-0.15, -0.1) is 11.8 Å². The van der Waals surface area contributed by atoms with Crippen LogP contribution in [0.15, 0.2) is 41.6 Å². The molecule has 0 spiro atoms. The van der Waals surface area contributed by atoms with Crippen LogP contribution >= 0.6 is 35.0 Å². The normalized spacial score (nSPS) is 10.4. The summed E-state index contributed by atoms with van der Waals surface area (Å²) in [5.41, 5.74) is 0.0954. The number of nitrogens with zero attached hydrogens (tertiary/aromatic N) is 1. The Kier molecular flexibility index (Phi) is 5.73. The lowest BCUT2D eigenvalue weighted by atomic mass is 10.3. The molecule has 2 aromatic rings. The van der Waals surface area contributed by atoms with Crippen molar-refractivity contribution in [3.63, 3.8) is 0 Å². The molecule has 1 heterocycles. The molecule has 0 atom stereocenters. The van der Waals surface area contributed by atoms with Gasteiger partial charge in [0.05, 0.1) is 23.4 Å². The molecule has 0 radical (unpaired) electrons. The second-order valence-electron chi connectivity index (χ2n) is 3.99. The molecule has 21 heavy (non-hydrogen) atoms. The first-order valence-electron chi connectivity index (χ1n) is 5.95. The van der Waals surface area contributed by atoms with E-state index in [2.05, 4.69) is 4.98 Å². The SMILES string of the molecule is O=C(O)c1cncc(OCCSc2cc(Cl)ccc2Cl)c1. The predicted molar refractivity (Wildman–Crippen MR) is 83.9 cm³/mol. The van der Waals surface area contributed by atoms with E-state index in [4.69, 9.17) is 33.0 Å². The molecule has 110 valence electrons. The molecule has 0 bridgehead atoms. The molecule has 1 aromatic carbocycles. The average Bonchev–Trinajstić information content (AvgIpc) is 2.47. The van der Waals surface area contributed by atoms with E-state index in [0.717, 1.165) is 4.90 Å². The zero-order valence-electron chi connectivity index (χ0n) is 10.8. The maximum absolute atomic E-state index is 10.8. The van der Waals surface area contributed by atoms with Crippen LogP contribution in [-0.2, 0) is 0 Å². The Balaban J connectivity index is 1.86. The minimum absolute atomic E-state index is 0.0954. The number of rotatable bonds is 6. The number of thioether (sulfide) groups is 1. The summed E-state index contributed by atoms with van der Waals surface area (Å²) in [6.45, 7) is 0.401. The third-order valence-electron chi connectivity index (χ3n) is 2.46. The Bertz CT molecular complexity index is 652. The number of carbonyl (C=O) groups is 1. The van der Waals surface area contributed by atoms with Crippen molar-refractivity contribution in [1.82, 2.24) is 4.98 Å². The van der Waals surface area contributed by atoms with E-state index in [1.54, 1.807) is 18.2 Å². The standard InChI is InChI=1S/C14H11Cl2NO3S/c15-10-1-2-12(16)13(6-10)21-4-3-20-11-5-9(14(18)19)7-17-8-11/h1-2,5-8H,3-4H2,(H,18,19). The van der Waals surface area contributed by atoms with Crippen molar-refractivity contribution in [3.05, 3.63) is 52.3 Å². The molecule has 0 aliphatic heterocycles. The van der Waals surface area contributed by atoms with Crippen LogP contribution < -0.4 is 4.74 Å². The van der Waals surface area contributed by atoms with E-state index in [9.17, 15) is 4.79 Å². The number of benzene rings is 1. The van der Waals surface area contributed by atoms with E-state index in [1.807, 2.05) is 0 Å². The van der Waals surface area contributed by atoms with Crippen LogP contribution in [0, 0.1) is 0 Å². The number of hydrogen-bond donors (Lipinski definition) is 1. The van der Waals surface area contributed by atoms with E-state index in [1.165, 1.54) is 30.2 Å². The Morgan fingerprint density at radius 2 is 2.10 bits per heavy atom. The third-order valence-corrected chi connectivity index (χ3v) is 4.16. The van der Waals surface area contributed by atoms with Crippen molar-refractivity contribution >= 4 is 40.9 Å². The summed E-state index contributed by atoms with van der Waals surface area (Å²) < 4.78 is 5.47. The summed E-state index contributed by atoms with van der Waals surface area (Å²) in [5, 5.41) is 10.1. The number of carboxylic acid groups (broad SMARTS) is 1. The fraction of sp³-hybridized carbons (Fsp3) is 0.143. The smallest absolute Gasteiger partial charge is 0.337 e. The summed E-state index contributed by atoms with van der Waals surface area (Å²) in [4.78, 5) is 15.5. The summed E-state index contributed by atoms with van der Waals surface area (Å²) in [6, 6.07) is 6.70. The van der Waals surface area contributed by atoms with Crippen LogP contribution in [0.1, 0.15) is 10.4 Å². The van der Waals surface area contributed by atoms with Crippen LogP contribution in [0.25, 0.3) is 0 Å². The highest BCUT2D eigenvalue weighted by Gasteiger charge is 2.05. The molecular weight excluding hydrogens is 333 g/mol. The Hall–Kier alpha value is -1.43. The monoisotopic (exact) mass is 343 g/mol. The number of aromatic carboxylic acids is 1. The minimum atomic E-state index is -1.03. The molecule has 0 amide bonds. The number of aromatic nitrogens is 1. The van der Waals surface area contributed by atoms with Crippen molar-refractivity contribution < 1.29 is 14.6 Å². The average molecular weight is 344 g/mol. The molecule has 0 saturated heterocycles. The fourth-order valence-corrected chi connectivity index (χ4v) is 2.83. The zero-order chi connectivity index (χ0) is 15.2. The molecule has 0 aliphatic rings. The lowest BCUT2D eigenvalue weighted by Crippen LogP contribution is -2.03. The first kappa shape index (κ1) is 15.9. The minimum Gasteiger partial charge on any atom is -0.491 e. The highest BCUT2D eigenvalue weighted by atomic mass is 35.5. The molecule has 2 rings (SSSR count). The predicted octanol–water partition coefficient (Wildman–Crippen LogP) is 4.26. The quantitative estimate of drug-likeness (QED) is 0.627. The Morgan fingerprint density at radius 1 is 1.29 bits per heavy atom. The number of pyridine rings is 1. The van der Waals surface area contributed by atoms with Gasteiger partial charge in [-0.25, -0.2) is 4.79 Å². The van der Waals surface area contributed by atoms with Gasteiger partial charge < -0.3 is 9.84 Å². The zero-order valence-corrected chi connectivity index (χ0v) is 13.1. The van der Waals surface area contributed by atoms with Crippen LogP contribution in [0.5, 0.6) is 5.75 Å². The first-order valence-corrected chi connectivity index (χ1v) is 7.69. The number of carboxylic acids is 1. The van der Waals surface area contributed by atoms with Crippen molar-refractivity contribution in [1.29, 1.82) is 0 Å². The van der Waals surface area contributed by atoms with E-state index >= 15 is 0 Å². The Labute approximate surface area is 136 Å². The van der Waals surface area contributed by atoms with Gasteiger partial charge in [-0.1, -0.05) is 23.2 Å². The van der Waals surface area contributed by atoms with Gasteiger partial charge in [-0.2, -0.15) is 0 Å². The highest BCUT2D eigenvalue weighted by molar-refractivity contribution is 7.99. The maximum atomic E-state index is 10.8. The van der Waals surface area contributed by atoms with Crippen molar-refractivity contribution in [3.8, 4) is 5.75 Å². The van der Waals surface area contributed by atoms with Crippen LogP contribution in [0.3, 0.4) is 0 Å². The molecule has 7 heteroatoms. The number of ether oxygens (including phenoxy) is 1. The number of halogens is 2. The molecule has 0 saturated carbocycles. The van der Waals surface area contributed by atoms with E-state index in [-0.39, 0.29) is 5.56 Å². The van der Waals surface area contributed by atoms with Gasteiger partial charge in [0.1, 0.15) is 5.75 Å². The summed E-state index contributed by atoms with van der Waals surface area (Å²) >= 11 is 13.5. The third kappa shape index (κ3) is 4.81. The maximum Gasteiger partial charge on any atom is 0.337 e. The lowest BCUT2D eigenvalue weighted by Gasteiger charge is -2.07. The molecule has 4 nitrogen and oxygen atoms in total. The summed E-state index contributed by atoms with van der Waals surface area (Å²) in [5.74, 6) is 0.0397. The van der Waals surface area contributed by atoms with Gasteiger partial charge in [0.2, 0.25) is 0 Å².